The van der Waals surface area contributed by atoms with Gasteiger partial charge in [-0.1, -0.05) is 65.8 Å². The van der Waals surface area contributed by atoms with Crippen LogP contribution >= 0.6 is 0 Å². The number of β-amino-alcohol motifs (C(OH)–C–C–N with tert-alkyl or cyclic N) is 1. The van der Waals surface area contributed by atoms with Crippen molar-refractivity contribution >= 4 is 10.8 Å². The molecule has 1 aliphatic rings. The molecule has 5 rings (SSSR count). The molecule has 1 aliphatic heterocycles. The van der Waals surface area contributed by atoms with Crippen molar-refractivity contribution < 1.29 is 14.4 Å². The number of hydrogen-bond acceptors (Lipinski definition) is 6. The predicted octanol–water partition coefficient (Wildman–Crippen LogP) is 4.13. The number of nitrogens with zero attached hydrogens (tertiary/aromatic N) is 3. The molecule has 0 spiro atoms. The maximum absolute atomic E-state index is 10.4. The second kappa shape index (κ2) is 8.49. The number of aliphatic hydroxyl groups excluding tert-OH is 1. The first-order chi connectivity index (χ1) is 15.2. The maximum atomic E-state index is 10.4. The third kappa shape index (κ3) is 4.04. The fourth-order valence-corrected chi connectivity index (χ4v) is 4.43. The number of likely N-dealkylation sites (tertiary alicyclic amines) is 1. The molecule has 2 heterocycles. The Morgan fingerprint density at radius 2 is 1.81 bits per heavy atom. The van der Waals surface area contributed by atoms with Crippen LogP contribution in [0.25, 0.3) is 10.8 Å². The number of rotatable bonds is 6. The van der Waals surface area contributed by atoms with Gasteiger partial charge in [-0.25, -0.2) is 0 Å². The number of benzene rings is 3. The summed E-state index contributed by atoms with van der Waals surface area (Å²) in [6.07, 6.45) is 0.794. The van der Waals surface area contributed by atoms with Crippen molar-refractivity contribution in [2.75, 3.05) is 13.7 Å². The van der Waals surface area contributed by atoms with Gasteiger partial charge in [-0.15, -0.1) is 0 Å². The molecule has 1 N–H and O–H groups in total. The summed E-state index contributed by atoms with van der Waals surface area (Å²) >= 11 is 0. The molecule has 1 saturated heterocycles. The quantitative estimate of drug-likeness (QED) is 0.511. The number of ether oxygens (including phenoxy) is 1. The highest BCUT2D eigenvalue weighted by molar-refractivity contribution is 5.91. The molecular formula is C25H25N3O3. The number of aliphatic hydroxyl groups is 1. The molecule has 0 bridgehead atoms. The van der Waals surface area contributed by atoms with Crippen LogP contribution in [-0.4, -0.2) is 39.9 Å². The summed E-state index contributed by atoms with van der Waals surface area (Å²) in [7, 11) is 1.69. The van der Waals surface area contributed by atoms with Crippen LogP contribution in [0.15, 0.2) is 71.3 Å². The van der Waals surface area contributed by atoms with Crippen molar-refractivity contribution in [3.05, 3.63) is 89.6 Å². The van der Waals surface area contributed by atoms with Crippen molar-refractivity contribution in [2.45, 2.75) is 31.5 Å². The summed E-state index contributed by atoms with van der Waals surface area (Å²) in [5, 5.41) is 16.8. The van der Waals surface area contributed by atoms with Crippen LogP contribution in [0.5, 0.6) is 5.75 Å². The van der Waals surface area contributed by atoms with Crippen molar-refractivity contribution in [3.8, 4) is 5.75 Å². The average molecular weight is 415 g/mol. The van der Waals surface area contributed by atoms with Gasteiger partial charge in [-0.05, 0) is 29.0 Å². The van der Waals surface area contributed by atoms with Gasteiger partial charge < -0.3 is 14.4 Å². The molecule has 31 heavy (non-hydrogen) atoms. The summed E-state index contributed by atoms with van der Waals surface area (Å²) < 4.78 is 11.2. The van der Waals surface area contributed by atoms with Crippen LogP contribution in [0.3, 0.4) is 0 Å². The van der Waals surface area contributed by atoms with Crippen molar-refractivity contribution in [2.24, 2.45) is 0 Å². The van der Waals surface area contributed by atoms with E-state index in [9.17, 15) is 5.11 Å². The van der Waals surface area contributed by atoms with Gasteiger partial charge in [-0.3, -0.25) is 4.90 Å². The Morgan fingerprint density at radius 1 is 1.03 bits per heavy atom. The van der Waals surface area contributed by atoms with Gasteiger partial charge >= 0.3 is 0 Å². The lowest BCUT2D eigenvalue weighted by atomic mass is 10.0. The van der Waals surface area contributed by atoms with Crippen LogP contribution in [0.4, 0.5) is 0 Å². The molecule has 1 fully saturated rings. The van der Waals surface area contributed by atoms with E-state index in [2.05, 4.69) is 45.4 Å². The van der Waals surface area contributed by atoms with E-state index < -0.39 is 6.10 Å². The van der Waals surface area contributed by atoms with E-state index in [1.807, 2.05) is 36.4 Å². The number of hydrogen-bond donors (Lipinski definition) is 1. The van der Waals surface area contributed by atoms with Crippen molar-refractivity contribution in [3.63, 3.8) is 0 Å². The highest BCUT2D eigenvalue weighted by Gasteiger charge is 2.36. The monoisotopic (exact) mass is 415 g/mol. The zero-order valence-corrected chi connectivity index (χ0v) is 17.4. The zero-order chi connectivity index (χ0) is 21.2. The Hall–Kier alpha value is -3.22. The molecule has 6 heteroatoms. The summed E-state index contributed by atoms with van der Waals surface area (Å²) in [6, 6.07) is 22.3. The van der Waals surface area contributed by atoms with E-state index in [0.29, 0.717) is 37.6 Å². The highest BCUT2D eigenvalue weighted by Crippen LogP contribution is 2.35. The molecular weight excluding hydrogens is 390 g/mol. The Morgan fingerprint density at radius 3 is 2.61 bits per heavy atom. The fourth-order valence-electron chi connectivity index (χ4n) is 4.43. The van der Waals surface area contributed by atoms with E-state index >= 15 is 0 Å². The molecule has 3 aromatic carbocycles. The minimum atomic E-state index is -0.418. The van der Waals surface area contributed by atoms with Gasteiger partial charge in [0.25, 0.3) is 0 Å². The first-order valence-corrected chi connectivity index (χ1v) is 10.5. The first-order valence-electron chi connectivity index (χ1n) is 10.5. The Bertz CT molecular complexity index is 1180. The van der Waals surface area contributed by atoms with E-state index in [1.165, 1.54) is 5.56 Å². The smallest absolute Gasteiger partial charge is 0.244 e. The van der Waals surface area contributed by atoms with E-state index in [4.69, 9.17) is 9.26 Å². The zero-order valence-electron chi connectivity index (χ0n) is 17.4. The molecule has 2 unspecified atom stereocenters. The van der Waals surface area contributed by atoms with E-state index in [1.54, 1.807) is 7.11 Å². The Labute approximate surface area is 181 Å². The minimum absolute atomic E-state index is 0.104. The predicted molar refractivity (Wildman–Crippen MR) is 118 cm³/mol. The van der Waals surface area contributed by atoms with Crippen LogP contribution in [0.2, 0.25) is 0 Å². The minimum Gasteiger partial charge on any atom is -0.496 e. The van der Waals surface area contributed by atoms with Gasteiger partial charge in [0.15, 0.2) is 5.82 Å². The molecule has 0 radical (unpaired) electrons. The molecule has 1 aromatic heterocycles. The largest absolute Gasteiger partial charge is 0.496 e. The van der Waals surface area contributed by atoms with Crippen molar-refractivity contribution in [1.82, 2.24) is 15.0 Å². The lowest BCUT2D eigenvalue weighted by Gasteiger charge is -2.22. The number of fused-ring (bicyclic) bond motifs is 1. The molecule has 2 atom stereocenters. The lowest BCUT2D eigenvalue weighted by Crippen LogP contribution is -2.24. The van der Waals surface area contributed by atoms with Crippen molar-refractivity contribution in [1.29, 1.82) is 0 Å². The Balaban J connectivity index is 1.40. The molecule has 0 amide bonds. The summed E-state index contributed by atoms with van der Waals surface area (Å²) in [5.74, 6) is 2.09. The van der Waals surface area contributed by atoms with Gasteiger partial charge in [0.2, 0.25) is 5.89 Å². The third-order valence-electron chi connectivity index (χ3n) is 5.92. The summed E-state index contributed by atoms with van der Waals surface area (Å²) in [6.45, 7) is 1.25. The van der Waals surface area contributed by atoms with Gasteiger partial charge in [-0.2, -0.15) is 4.98 Å². The van der Waals surface area contributed by atoms with Gasteiger partial charge in [0.1, 0.15) is 5.75 Å². The maximum Gasteiger partial charge on any atom is 0.244 e. The lowest BCUT2D eigenvalue weighted by molar-refractivity contribution is 0.169. The SMILES string of the molecule is COc1ccc(CN2CC(O)CC2c2nc(Cc3ccccc3)no2)c2ccccc12. The molecule has 158 valence electrons. The van der Waals surface area contributed by atoms with E-state index in [-0.39, 0.29) is 6.04 Å². The molecule has 6 nitrogen and oxygen atoms in total. The topological polar surface area (TPSA) is 71.6 Å². The number of methoxy groups -OCH3 is 1. The summed E-state index contributed by atoms with van der Waals surface area (Å²) in [5.41, 5.74) is 2.32. The second-order valence-corrected chi connectivity index (χ2v) is 8.02. The van der Waals surface area contributed by atoms with Gasteiger partial charge in [0.05, 0.1) is 19.3 Å². The first kappa shape index (κ1) is 19.7. The summed E-state index contributed by atoms with van der Waals surface area (Å²) in [4.78, 5) is 6.87. The molecule has 0 saturated carbocycles. The van der Waals surface area contributed by atoms with E-state index in [0.717, 1.165) is 22.1 Å². The fraction of sp³-hybridized carbons (Fsp3) is 0.280. The molecule has 0 aliphatic carbocycles. The average Bonchev–Trinajstić information content (AvgIpc) is 3.40. The standard InChI is InChI=1S/C25H25N3O3/c1-30-23-12-11-18(20-9-5-6-10-21(20)23)15-28-16-19(29)14-22(28)25-26-24(27-31-25)13-17-7-3-2-4-8-17/h2-12,19,22,29H,13-16H2,1H3. The Kier molecular flexibility index (Phi) is 5.40. The van der Waals surface area contributed by atoms with Crippen LogP contribution < -0.4 is 4.74 Å². The molecule has 4 aromatic rings. The van der Waals surface area contributed by atoms with Gasteiger partial charge in [0, 0.05) is 24.9 Å². The third-order valence-corrected chi connectivity index (χ3v) is 5.92. The van der Waals surface area contributed by atoms with Crippen LogP contribution in [0.1, 0.15) is 35.3 Å². The van der Waals surface area contributed by atoms with Crippen LogP contribution in [-0.2, 0) is 13.0 Å². The normalized spacial score (nSPS) is 19.2. The highest BCUT2D eigenvalue weighted by atomic mass is 16.5. The number of aromatic nitrogens is 2. The van der Waals surface area contributed by atoms with Crippen LogP contribution in [0, 0.1) is 0 Å². The second-order valence-electron chi connectivity index (χ2n) is 8.02.